The van der Waals surface area contributed by atoms with E-state index < -0.39 is 0 Å². The first-order valence-electron chi connectivity index (χ1n) is 7.11. The second-order valence-corrected chi connectivity index (χ2v) is 5.58. The largest absolute Gasteiger partial charge is 0.330 e. The highest BCUT2D eigenvalue weighted by Gasteiger charge is 2.18. The van der Waals surface area contributed by atoms with Crippen LogP contribution in [-0.2, 0) is 6.42 Å². The molecular weight excluding hydrogens is 246 g/mol. The molecule has 3 heteroatoms. The maximum Gasteiger partial charge on any atom is 0.0995 e. The van der Waals surface area contributed by atoms with Crippen LogP contribution in [0.5, 0.6) is 0 Å². The van der Waals surface area contributed by atoms with Gasteiger partial charge in [0.15, 0.2) is 0 Å². The number of aryl methyl sites for hydroxylation is 2. The van der Waals surface area contributed by atoms with Crippen molar-refractivity contribution in [1.29, 1.82) is 0 Å². The van der Waals surface area contributed by atoms with Crippen LogP contribution in [0, 0.1) is 27.7 Å². The van der Waals surface area contributed by atoms with Crippen molar-refractivity contribution in [3.8, 4) is 0 Å². The van der Waals surface area contributed by atoms with Gasteiger partial charge in [0.05, 0.1) is 17.4 Å². The fourth-order valence-electron chi connectivity index (χ4n) is 3.27. The fraction of sp³-hybridized carbons (Fsp3) is 0.353. The molecule has 0 spiro atoms. The highest BCUT2D eigenvalue weighted by Crippen LogP contribution is 2.35. The lowest BCUT2D eigenvalue weighted by atomic mass is 9.93. The third-order valence-corrected chi connectivity index (χ3v) is 4.66. The third-order valence-electron chi connectivity index (χ3n) is 4.66. The number of aromatic nitrogens is 2. The summed E-state index contributed by atoms with van der Waals surface area (Å²) in [5.41, 5.74) is 15.2. The molecular formula is C17H21N3. The molecule has 0 radical (unpaired) electrons. The normalized spacial score (nSPS) is 11.7. The van der Waals surface area contributed by atoms with Gasteiger partial charge < -0.3 is 5.73 Å². The molecule has 0 amide bonds. The number of nitrogens with two attached hydrogens (primary N) is 1. The molecule has 20 heavy (non-hydrogen) atoms. The first-order chi connectivity index (χ1) is 9.57. The molecule has 0 atom stereocenters. The Morgan fingerprint density at radius 3 is 2.45 bits per heavy atom. The summed E-state index contributed by atoms with van der Waals surface area (Å²) < 4.78 is 2.22. The second kappa shape index (κ2) is 4.60. The van der Waals surface area contributed by atoms with Crippen molar-refractivity contribution in [2.24, 2.45) is 5.73 Å². The number of fused-ring (bicyclic) bond motifs is 3. The molecule has 0 aliphatic rings. The lowest BCUT2D eigenvalue weighted by Gasteiger charge is -2.12. The van der Waals surface area contributed by atoms with E-state index in [1.54, 1.807) is 0 Å². The minimum absolute atomic E-state index is 0.669. The molecule has 2 heterocycles. The first kappa shape index (κ1) is 13.1. The molecule has 0 fully saturated rings. The first-order valence-corrected chi connectivity index (χ1v) is 7.11. The summed E-state index contributed by atoms with van der Waals surface area (Å²) in [6, 6.07) is 2.09. The van der Waals surface area contributed by atoms with Gasteiger partial charge in [-0.25, -0.2) is 4.98 Å². The number of hydrogen-bond donors (Lipinski definition) is 1. The van der Waals surface area contributed by atoms with Crippen LogP contribution in [0.1, 0.15) is 27.8 Å². The van der Waals surface area contributed by atoms with E-state index in [0.29, 0.717) is 6.54 Å². The van der Waals surface area contributed by atoms with E-state index in [2.05, 4.69) is 43.1 Å². The molecule has 3 aromatic rings. The SMILES string of the molecule is Cc1c(C)c(C)c2c(c1C)c(CCN)c1ccncn12. The van der Waals surface area contributed by atoms with Crippen LogP contribution >= 0.6 is 0 Å². The van der Waals surface area contributed by atoms with Gasteiger partial charge in [0.2, 0.25) is 0 Å². The minimum atomic E-state index is 0.669. The van der Waals surface area contributed by atoms with Gasteiger partial charge in [-0.2, -0.15) is 0 Å². The van der Waals surface area contributed by atoms with Crippen molar-refractivity contribution in [1.82, 2.24) is 9.38 Å². The predicted octanol–water partition coefficient (Wildman–Crippen LogP) is 3.22. The van der Waals surface area contributed by atoms with Crippen molar-refractivity contribution in [2.45, 2.75) is 34.1 Å². The Morgan fingerprint density at radius 2 is 1.75 bits per heavy atom. The van der Waals surface area contributed by atoms with Gasteiger partial charge in [-0.05, 0) is 74.5 Å². The van der Waals surface area contributed by atoms with Crippen LogP contribution in [0.3, 0.4) is 0 Å². The van der Waals surface area contributed by atoms with E-state index in [9.17, 15) is 0 Å². The van der Waals surface area contributed by atoms with Gasteiger partial charge >= 0.3 is 0 Å². The van der Waals surface area contributed by atoms with E-state index >= 15 is 0 Å². The molecule has 0 unspecified atom stereocenters. The van der Waals surface area contributed by atoms with Gasteiger partial charge in [-0.1, -0.05) is 0 Å². The average Bonchev–Trinajstić information content (AvgIpc) is 2.78. The quantitative estimate of drug-likeness (QED) is 0.774. The summed E-state index contributed by atoms with van der Waals surface area (Å²) in [7, 11) is 0. The number of benzene rings is 1. The summed E-state index contributed by atoms with van der Waals surface area (Å²) in [4.78, 5) is 4.29. The zero-order chi connectivity index (χ0) is 14.4. The lowest BCUT2D eigenvalue weighted by Crippen LogP contribution is -2.03. The molecule has 0 aliphatic heterocycles. The molecule has 2 N–H and O–H groups in total. The van der Waals surface area contributed by atoms with Crippen LogP contribution in [-0.4, -0.2) is 15.9 Å². The molecule has 2 aromatic heterocycles. The van der Waals surface area contributed by atoms with Gasteiger partial charge in [0.25, 0.3) is 0 Å². The Morgan fingerprint density at radius 1 is 1.05 bits per heavy atom. The molecule has 104 valence electrons. The van der Waals surface area contributed by atoms with Crippen LogP contribution in [0.15, 0.2) is 18.6 Å². The second-order valence-electron chi connectivity index (χ2n) is 5.58. The number of nitrogens with zero attached hydrogens (tertiary/aromatic N) is 2. The van der Waals surface area contributed by atoms with E-state index in [4.69, 9.17) is 5.73 Å². The molecule has 0 saturated carbocycles. The molecule has 3 nitrogen and oxygen atoms in total. The highest BCUT2D eigenvalue weighted by atomic mass is 15.0. The van der Waals surface area contributed by atoms with Crippen molar-refractivity contribution in [2.75, 3.05) is 6.54 Å². The smallest absolute Gasteiger partial charge is 0.0995 e. The Kier molecular flexibility index (Phi) is 3.02. The molecule has 0 bridgehead atoms. The van der Waals surface area contributed by atoms with Crippen LogP contribution in [0.2, 0.25) is 0 Å². The zero-order valence-electron chi connectivity index (χ0n) is 12.6. The van der Waals surface area contributed by atoms with E-state index in [-0.39, 0.29) is 0 Å². The van der Waals surface area contributed by atoms with Gasteiger partial charge in [-0.15, -0.1) is 0 Å². The van der Waals surface area contributed by atoms with Crippen LogP contribution < -0.4 is 5.73 Å². The molecule has 0 aliphatic carbocycles. The summed E-state index contributed by atoms with van der Waals surface area (Å²) in [5, 5.41) is 1.36. The Labute approximate surface area is 119 Å². The monoisotopic (exact) mass is 267 g/mol. The topological polar surface area (TPSA) is 43.3 Å². The standard InChI is InChI=1S/C17H21N3/c1-10-11(2)13(4)17-16(12(10)3)14(5-7-18)15-6-8-19-9-20(15)17/h6,8-9H,5,7,18H2,1-4H3. The zero-order valence-corrected chi connectivity index (χ0v) is 12.6. The van der Waals surface area contributed by atoms with Gasteiger partial charge in [0.1, 0.15) is 0 Å². The van der Waals surface area contributed by atoms with Gasteiger partial charge in [-0.3, -0.25) is 4.40 Å². The van der Waals surface area contributed by atoms with E-state index in [1.165, 1.54) is 44.2 Å². The maximum atomic E-state index is 5.83. The van der Waals surface area contributed by atoms with Crippen LogP contribution in [0.4, 0.5) is 0 Å². The summed E-state index contributed by atoms with van der Waals surface area (Å²) in [6.45, 7) is 9.51. The minimum Gasteiger partial charge on any atom is -0.330 e. The summed E-state index contributed by atoms with van der Waals surface area (Å²) in [5.74, 6) is 0. The maximum absolute atomic E-state index is 5.83. The van der Waals surface area contributed by atoms with Crippen LogP contribution in [0.25, 0.3) is 16.4 Å². The highest BCUT2D eigenvalue weighted by molar-refractivity contribution is 5.98. The molecule has 3 rings (SSSR count). The molecule has 0 saturated heterocycles. The Balaban J connectivity index is 2.63. The Hall–Kier alpha value is -1.87. The predicted molar refractivity (Wildman–Crippen MR) is 84.4 cm³/mol. The van der Waals surface area contributed by atoms with Crippen molar-refractivity contribution in [3.63, 3.8) is 0 Å². The Bertz CT molecular complexity index is 812. The van der Waals surface area contributed by atoms with Crippen molar-refractivity contribution < 1.29 is 0 Å². The molecule has 1 aromatic carbocycles. The lowest BCUT2D eigenvalue weighted by molar-refractivity contribution is 0.979. The fourth-order valence-corrected chi connectivity index (χ4v) is 3.27. The summed E-state index contributed by atoms with van der Waals surface area (Å²) >= 11 is 0. The van der Waals surface area contributed by atoms with E-state index in [0.717, 1.165) is 6.42 Å². The van der Waals surface area contributed by atoms with E-state index in [1.807, 2.05) is 12.5 Å². The van der Waals surface area contributed by atoms with Gasteiger partial charge in [0, 0.05) is 11.6 Å². The van der Waals surface area contributed by atoms with Crippen molar-refractivity contribution >= 4 is 16.4 Å². The van der Waals surface area contributed by atoms with Crippen molar-refractivity contribution in [3.05, 3.63) is 46.4 Å². The number of rotatable bonds is 2. The third kappa shape index (κ3) is 1.59. The summed E-state index contributed by atoms with van der Waals surface area (Å²) in [6.07, 6.45) is 4.68. The number of hydrogen-bond acceptors (Lipinski definition) is 2. The average molecular weight is 267 g/mol.